The second kappa shape index (κ2) is 5.63. The second-order valence-corrected chi connectivity index (χ2v) is 5.12. The third-order valence-corrected chi connectivity index (χ3v) is 3.57. The van der Waals surface area contributed by atoms with Gasteiger partial charge in [0.15, 0.2) is 0 Å². The first-order valence-corrected chi connectivity index (χ1v) is 6.52. The van der Waals surface area contributed by atoms with Gasteiger partial charge in [-0.05, 0) is 17.7 Å². The molecule has 1 aliphatic heterocycles. The molecule has 0 unspecified atom stereocenters. The predicted molar refractivity (Wildman–Crippen MR) is 70.0 cm³/mol. The zero-order valence-electron chi connectivity index (χ0n) is 9.98. The fourth-order valence-electron chi connectivity index (χ4n) is 2.21. The molecular weight excluding hydrogens is 298 g/mol. The van der Waals surface area contributed by atoms with Gasteiger partial charge in [0.2, 0.25) is 0 Å². The number of piperidine rings is 1. The Morgan fingerprint density at radius 2 is 2.28 bits per heavy atom. The number of halogens is 1. The van der Waals surface area contributed by atoms with E-state index < -0.39 is 11.9 Å². The van der Waals surface area contributed by atoms with Crippen LogP contribution in [0.5, 0.6) is 0 Å². The molecule has 0 radical (unpaired) electrons. The minimum atomic E-state index is -0.752. The lowest BCUT2D eigenvalue weighted by atomic mass is 9.85. The molecule has 0 aliphatic carbocycles. The second-order valence-electron chi connectivity index (χ2n) is 4.20. The largest absolute Gasteiger partial charge is 0.468 e. The van der Waals surface area contributed by atoms with E-state index in [4.69, 9.17) is 4.74 Å². The highest BCUT2D eigenvalue weighted by molar-refractivity contribution is 9.10. The normalized spacial score (nSPS) is 23.8. The molecule has 0 amide bonds. The molecule has 1 aromatic rings. The Morgan fingerprint density at radius 1 is 1.50 bits per heavy atom. The van der Waals surface area contributed by atoms with Crippen LogP contribution >= 0.6 is 15.9 Å². The van der Waals surface area contributed by atoms with Gasteiger partial charge in [-0.25, -0.2) is 0 Å². The van der Waals surface area contributed by atoms with Crippen LogP contribution in [-0.4, -0.2) is 25.4 Å². The van der Waals surface area contributed by atoms with Crippen molar-refractivity contribution in [1.82, 2.24) is 5.32 Å². The van der Waals surface area contributed by atoms with Crippen molar-refractivity contribution in [2.75, 3.05) is 13.7 Å². The summed E-state index contributed by atoms with van der Waals surface area (Å²) in [6.07, 6.45) is 0.365. The molecule has 0 aromatic heterocycles. The lowest BCUT2D eigenvalue weighted by Gasteiger charge is -2.30. The summed E-state index contributed by atoms with van der Waals surface area (Å²) in [7, 11) is 1.31. The van der Waals surface area contributed by atoms with Crippen molar-refractivity contribution in [3.8, 4) is 0 Å². The van der Waals surface area contributed by atoms with Gasteiger partial charge in [0, 0.05) is 17.4 Å². The Hall–Kier alpha value is -1.20. The van der Waals surface area contributed by atoms with Gasteiger partial charge < -0.3 is 10.1 Å². The highest BCUT2D eigenvalue weighted by Gasteiger charge is 2.38. The summed E-state index contributed by atoms with van der Waals surface area (Å²) in [4.78, 5) is 23.7. The van der Waals surface area contributed by atoms with E-state index in [1.165, 1.54) is 7.11 Å². The number of ether oxygens (including phenoxy) is 1. The zero-order valence-corrected chi connectivity index (χ0v) is 11.6. The van der Waals surface area contributed by atoms with Crippen molar-refractivity contribution in [2.24, 2.45) is 5.92 Å². The van der Waals surface area contributed by atoms with Gasteiger partial charge in [0.05, 0.1) is 13.2 Å². The summed E-state index contributed by atoms with van der Waals surface area (Å²) in [6.45, 7) is 0.587. The molecule has 5 heteroatoms. The van der Waals surface area contributed by atoms with Crippen molar-refractivity contribution >= 4 is 27.7 Å². The molecule has 18 heavy (non-hydrogen) atoms. The summed E-state index contributed by atoms with van der Waals surface area (Å²) in [5, 5.41) is 3.22. The third-order valence-electron chi connectivity index (χ3n) is 3.08. The summed E-state index contributed by atoms with van der Waals surface area (Å²) in [5.41, 5.74) is 0.910. The first-order chi connectivity index (χ1) is 8.63. The standard InChI is InChI=1S/C13H14BrNO3/c1-18-13(17)11-10(16)5-6-15-12(11)8-3-2-4-9(14)7-8/h2-4,7,11-12,15H,5-6H2,1H3/t11-,12+/m0/s1. The number of rotatable bonds is 2. The van der Waals surface area contributed by atoms with Gasteiger partial charge in [-0.15, -0.1) is 0 Å². The van der Waals surface area contributed by atoms with E-state index in [1.807, 2.05) is 24.3 Å². The molecule has 2 atom stereocenters. The van der Waals surface area contributed by atoms with Crippen molar-refractivity contribution in [2.45, 2.75) is 12.5 Å². The molecule has 0 spiro atoms. The molecule has 0 bridgehead atoms. The minimum absolute atomic E-state index is 0.0643. The van der Waals surface area contributed by atoms with E-state index in [0.717, 1.165) is 10.0 Å². The molecule has 1 heterocycles. The van der Waals surface area contributed by atoms with Crippen LogP contribution in [0.1, 0.15) is 18.0 Å². The van der Waals surface area contributed by atoms with Crippen LogP contribution in [0.15, 0.2) is 28.7 Å². The number of ketones is 1. The van der Waals surface area contributed by atoms with E-state index in [1.54, 1.807) is 0 Å². The Morgan fingerprint density at radius 3 is 2.94 bits per heavy atom. The van der Waals surface area contributed by atoms with E-state index in [-0.39, 0.29) is 11.8 Å². The highest BCUT2D eigenvalue weighted by atomic mass is 79.9. The van der Waals surface area contributed by atoms with Gasteiger partial charge in [-0.1, -0.05) is 28.1 Å². The molecular formula is C13H14BrNO3. The van der Waals surface area contributed by atoms with Crippen LogP contribution in [0.2, 0.25) is 0 Å². The Kier molecular flexibility index (Phi) is 4.14. The average molecular weight is 312 g/mol. The molecule has 1 saturated heterocycles. The number of hydrogen-bond acceptors (Lipinski definition) is 4. The lowest BCUT2D eigenvalue weighted by molar-refractivity contribution is -0.151. The molecule has 1 fully saturated rings. The van der Waals surface area contributed by atoms with E-state index >= 15 is 0 Å². The summed E-state index contributed by atoms with van der Waals surface area (Å²) in [5.74, 6) is -1.29. The Bertz CT molecular complexity index is 467. The molecule has 96 valence electrons. The van der Waals surface area contributed by atoms with Crippen LogP contribution < -0.4 is 5.32 Å². The number of carbonyl (C=O) groups is 2. The summed E-state index contributed by atoms with van der Waals surface area (Å²) in [6, 6.07) is 7.29. The average Bonchev–Trinajstić information content (AvgIpc) is 2.37. The molecule has 2 rings (SSSR count). The summed E-state index contributed by atoms with van der Waals surface area (Å²) >= 11 is 3.39. The van der Waals surface area contributed by atoms with E-state index in [2.05, 4.69) is 21.2 Å². The van der Waals surface area contributed by atoms with Gasteiger partial charge >= 0.3 is 5.97 Å². The summed E-state index contributed by atoms with van der Waals surface area (Å²) < 4.78 is 5.65. The smallest absolute Gasteiger partial charge is 0.318 e. The van der Waals surface area contributed by atoms with Crippen LogP contribution in [0.3, 0.4) is 0 Å². The molecule has 1 N–H and O–H groups in total. The van der Waals surface area contributed by atoms with E-state index in [9.17, 15) is 9.59 Å². The van der Waals surface area contributed by atoms with Crippen molar-refractivity contribution in [3.05, 3.63) is 34.3 Å². The topological polar surface area (TPSA) is 55.4 Å². The van der Waals surface area contributed by atoms with Crippen LogP contribution in [-0.2, 0) is 14.3 Å². The van der Waals surface area contributed by atoms with Crippen molar-refractivity contribution < 1.29 is 14.3 Å². The third kappa shape index (κ3) is 2.62. The van der Waals surface area contributed by atoms with Gasteiger partial charge in [0.1, 0.15) is 11.7 Å². The number of methoxy groups -OCH3 is 1. The Labute approximate surface area is 114 Å². The van der Waals surface area contributed by atoms with Crippen molar-refractivity contribution in [3.63, 3.8) is 0 Å². The number of esters is 1. The molecule has 1 aromatic carbocycles. The maximum absolute atomic E-state index is 11.9. The Balaban J connectivity index is 2.34. The van der Waals surface area contributed by atoms with E-state index in [0.29, 0.717) is 13.0 Å². The highest BCUT2D eigenvalue weighted by Crippen LogP contribution is 2.29. The number of carbonyl (C=O) groups excluding carboxylic acids is 2. The monoisotopic (exact) mass is 311 g/mol. The van der Waals surface area contributed by atoms with Gasteiger partial charge in [-0.3, -0.25) is 9.59 Å². The number of hydrogen-bond donors (Lipinski definition) is 1. The number of benzene rings is 1. The minimum Gasteiger partial charge on any atom is -0.468 e. The first-order valence-electron chi connectivity index (χ1n) is 5.73. The van der Waals surface area contributed by atoms with Gasteiger partial charge in [0.25, 0.3) is 0 Å². The maximum Gasteiger partial charge on any atom is 0.318 e. The van der Waals surface area contributed by atoms with Crippen LogP contribution in [0.25, 0.3) is 0 Å². The predicted octanol–water partition coefficient (Wildman–Crippen LogP) is 1.84. The first kappa shape index (κ1) is 13.2. The molecule has 1 aliphatic rings. The van der Waals surface area contributed by atoms with Gasteiger partial charge in [-0.2, -0.15) is 0 Å². The van der Waals surface area contributed by atoms with Crippen molar-refractivity contribution in [1.29, 1.82) is 0 Å². The molecule has 0 saturated carbocycles. The maximum atomic E-state index is 11.9. The lowest BCUT2D eigenvalue weighted by Crippen LogP contribution is -2.44. The molecule has 4 nitrogen and oxygen atoms in total. The SMILES string of the molecule is COC(=O)[C@H]1C(=O)CCN[C@@H]1c1cccc(Br)c1. The quantitative estimate of drug-likeness (QED) is 0.669. The number of nitrogens with one attached hydrogen (secondary N) is 1. The fraction of sp³-hybridized carbons (Fsp3) is 0.385. The number of Topliss-reactive ketones (excluding diaryl/α,β-unsaturated/α-hetero) is 1. The van der Waals surface area contributed by atoms with Crippen LogP contribution in [0, 0.1) is 5.92 Å². The zero-order chi connectivity index (χ0) is 13.1. The van der Waals surface area contributed by atoms with Crippen LogP contribution in [0.4, 0.5) is 0 Å². The fourth-order valence-corrected chi connectivity index (χ4v) is 2.63.